The standard InChI is InChI=1S/C25H26Cl2N6O4/c1-2-13-10-18(22-32-24(36)19(20(28)34)25(37)33-22)31-21(30-13)14-5-3-4-6-15(14)23(35)29-11-12-7-8-16(26)17(27)9-12/h7-10,14-15,19H,2-6,11H2,1H3,(H2,28,34)(H,29,35)(H,32,33,36,37)/t14-,15-/m0/s1. The zero-order valence-corrected chi connectivity index (χ0v) is 21.6. The second-order valence-corrected chi connectivity index (χ2v) is 9.86. The molecule has 0 radical (unpaired) electrons. The number of aromatic nitrogens is 2. The zero-order chi connectivity index (χ0) is 26.7. The fourth-order valence-corrected chi connectivity index (χ4v) is 4.91. The first kappa shape index (κ1) is 26.7. The number of primary amides is 1. The molecule has 10 nitrogen and oxygen atoms in total. The Labute approximate surface area is 223 Å². The molecule has 2 aromatic rings. The predicted molar refractivity (Wildman–Crippen MR) is 137 cm³/mol. The van der Waals surface area contributed by atoms with Gasteiger partial charge in [-0.3, -0.25) is 19.2 Å². The summed E-state index contributed by atoms with van der Waals surface area (Å²) < 4.78 is 0. The predicted octanol–water partition coefficient (Wildman–Crippen LogP) is 2.44. The molecule has 194 valence electrons. The summed E-state index contributed by atoms with van der Waals surface area (Å²) in [4.78, 5) is 62.4. The van der Waals surface area contributed by atoms with E-state index in [2.05, 4.69) is 25.6 Å². The summed E-state index contributed by atoms with van der Waals surface area (Å²) in [6.45, 7) is 2.21. The lowest BCUT2D eigenvalue weighted by molar-refractivity contribution is -0.140. The first-order valence-corrected chi connectivity index (χ1v) is 12.8. The summed E-state index contributed by atoms with van der Waals surface area (Å²) in [6.07, 6.45) is 3.74. The molecule has 2 aliphatic rings. The minimum Gasteiger partial charge on any atom is -0.369 e. The van der Waals surface area contributed by atoms with Gasteiger partial charge in [-0.2, -0.15) is 4.99 Å². The quantitative estimate of drug-likeness (QED) is 0.454. The third-order valence-electron chi connectivity index (χ3n) is 6.54. The number of carbonyl (C=O) groups excluding carboxylic acids is 4. The first-order chi connectivity index (χ1) is 17.7. The van der Waals surface area contributed by atoms with Crippen LogP contribution in [0.15, 0.2) is 29.3 Å². The third-order valence-corrected chi connectivity index (χ3v) is 7.28. The highest BCUT2D eigenvalue weighted by Gasteiger charge is 2.38. The molecule has 2 heterocycles. The number of benzene rings is 1. The Morgan fingerprint density at radius 1 is 1.11 bits per heavy atom. The summed E-state index contributed by atoms with van der Waals surface area (Å²) in [5, 5.41) is 6.30. The number of carbonyl (C=O) groups is 4. The summed E-state index contributed by atoms with van der Waals surface area (Å²) >= 11 is 12.1. The smallest absolute Gasteiger partial charge is 0.269 e. The van der Waals surface area contributed by atoms with Crippen molar-refractivity contribution in [3.8, 4) is 0 Å². The average molecular weight is 545 g/mol. The van der Waals surface area contributed by atoms with Crippen molar-refractivity contribution in [3.05, 3.63) is 57.1 Å². The fourth-order valence-electron chi connectivity index (χ4n) is 4.59. The molecule has 4 rings (SSSR count). The van der Waals surface area contributed by atoms with Crippen molar-refractivity contribution in [2.24, 2.45) is 22.6 Å². The fraction of sp³-hybridized carbons (Fsp3) is 0.400. The van der Waals surface area contributed by atoms with Crippen LogP contribution in [0.1, 0.15) is 61.3 Å². The van der Waals surface area contributed by atoms with Crippen molar-refractivity contribution in [2.45, 2.75) is 51.5 Å². The third kappa shape index (κ3) is 5.97. The average Bonchev–Trinajstić information content (AvgIpc) is 2.88. The van der Waals surface area contributed by atoms with Crippen molar-refractivity contribution in [1.29, 1.82) is 0 Å². The molecule has 4 amide bonds. The maximum Gasteiger partial charge on any atom is 0.269 e. The van der Waals surface area contributed by atoms with Crippen molar-refractivity contribution in [2.75, 3.05) is 0 Å². The number of aryl methyl sites for hydroxylation is 1. The maximum atomic E-state index is 13.2. The van der Waals surface area contributed by atoms with E-state index in [1.807, 2.05) is 6.92 Å². The molecular formula is C25H26Cl2N6O4. The van der Waals surface area contributed by atoms with Gasteiger partial charge in [0.2, 0.25) is 17.7 Å². The normalized spacial score (nSPS) is 21.7. The SMILES string of the molecule is CCc1cc(C2=NC(=O)C(C(N)=O)C(=O)N2)nc([C@H]2CCCC[C@@H]2C(=O)NCc2ccc(Cl)c(Cl)c2)n1. The minimum atomic E-state index is -1.67. The number of nitrogens with two attached hydrogens (primary N) is 1. The molecule has 1 saturated carbocycles. The van der Waals surface area contributed by atoms with Crippen LogP contribution in [0.4, 0.5) is 0 Å². The van der Waals surface area contributed by atoms with E-state index in [1.54, 1.807) is 24.3 Å². The molecule has 1 unspecified atom stereocenters. The molecule has 0 saturated heterocycles. The molecule has 0 spiro atoms. The van der Waals surface area contributed by atoms with Gasteiger partial charge >= 0.3 is 0 Å². The van der Waals surface area contributed by atoms with Gasteiger partial charge in [-0.15, -0.1) is 0 Å². The lowest BCUT2D eigenvalue weighted by Crippen LogP contribution is -2.49. The van der Waals surface area contributed by atoms with Crippen LogP contribution in [0, 0.1) is 11.8 Å². The van der Waals surface area contributed by atoms with Gasteiger partial charge in [0, 0.05) is 24.1 Å². The van der Waals surface area contributed by atoms with Crippen molar-refractivity contribution < 1.29 is 19.2 Å². The Morgan fingerprint density at radius 3 is 2.54 bits per heavy atom. The number of nitrogens with one attached hydrogen (secondary N) is 2. The number of hydrogen-bond acceptors (Lipinski definition) is 6. The van der Waals surface area contributed by atoms with Crippen molar-refractivity contribution in [1.82, 2.24) is 20.6 Å². The van der Waals surface area contributed by atoms with Crippen LogP contribution in [-0.2, 0) is 32.1 Å². The van der Waals surface area contributed by atoms with Gasteiger partial charge in [0.05, 0.1) is 10.0 Å². The van der Waals surface area contributed by atoms with Crippen LogP contribution in [0.2, 0.25) is 10.0 Å². The molecule has 1 aromatic carbocycles. The van der Waals surface area contributed by atoms with Crippen molar-refractivity contribution >= 4 is 52.7 Å². The Balaban J connectivity index is 1.59. The molecule has 1 aliphatic carbocycles. The highest BCUT2D eigenvalue weighted by atomic mass is 35.5. The molecule has 1 aromatic heterocycles. The van der Waals surface area contributed by atoms with Gasteiger partial charge in [-0.05, 0) is 43.0 Å². The lowest BCUT2D eigenvalue weighted by atomic mass is 9.78. The second-order valence-electron chi connectivity index (χ2n) is 9.04. The van der Waals surface area contributed by atoms with Crippen LogP contribution in [0.5, 0.6) is 0 Å². The molecule has 3 atom stereocenters. The first-order valence-electron chi connectivity index (χ1n) is 12.0. The molecule has 0 bridgehead atoms. The minimum absolute atomic E-state index is 0.0673. The molecule has 4 N–H and O–H groups in total. The van der Waals surface area contributed by atoms with Gasteiger partial charge in [-0.25, -0.2) is 9.97 Å². The number of aliphatic imine (C=N–C) groups is 1. The number of halogens is 2. The van der Waals surface area contributed by atoms with E-state index in [0.29, 0.717) is 47.4 Å². The van der Waals surface area contributed by atoms with Gasteiger partial charge in [0.25, 0.3) is 5.91 Å². The van der Waals surface area contributed by atoms with Gasteiger partial charge in [-0.1, -0.05) is 49.0 Å². The van der Waals surface area contributed by atoms with E-state index in [0.717, 1.165) is 18.4 Å². The van der Waals surface area contributed by atoms with Crippen LogP contribution in [-0.4, -0.2) is 39.4 Å². The van der Waals surface area contributed by atoms with E-state index >= 15 is 0 Å². The topological polar surface area (TPSA) is 156 Å². The van der Waals surface area contributed by atoms with Crippen LogP contribution in [0.25, 0.3) is 0 Å². The summed E-state index contributed by atoms with van der Waals surface area (Å²) in [6, 6.07) is 6.83. The van der Waals surface area contributed by atoms with Gasteiger partial charge < -0.3 is 16.4 Å². The number of amidine groups is 1. The number of nitrogens with zero attached hydrogens (tertiary/aromatic N) is 3. The van der Waals surface area contributed by atoms with Gasteiger partial charge in [0.1, 0.15) is 11.5 Å². The maximum absolute atomic E-state index is 13.2. The number of amides is 4. The van der Waals surface area contributed by atoms with Crippen LogP contribution < -0.4 is 16.4 Å². The monoisotopic (exact) mass is 544 g/mol. The lowest BCUT2D eigenvalue weighted by Gasteiger charge is -2.30. The Bertz CT molecular complexity index is 1300. The van der Waals surface area contributed by atoms with Crippen LogP contribution >= 0.6 is 23.2 Å². The highest BCUT2D eigenvalue weighted by Crippen LogP contribution is 2.37. The number of rotatable bonds is 7. The molecule has 1 fully saturated rings. The molecule has 12 heteroatoms. The van der Waals surface area contributed by atoms with E-state index in [9.17, 15) is 19.2 Å². The number of hydrogen-bond donors (Lipinski definition) is 3. The molecule has 1 aliphatic heterocycles. The zero-order valence-electron chi connectivity index (χ0n) is 20.1. The van der Waals surface area contributed by atoms with E-state index in [4.69, 9.17) is 28.9 Å². The summed E-state index contributed by atoms with van der Waals surface area (Å²) in [7, 11) is 0. The van der Waals surface area contributed by atoms with Crippen molar-refractivity contribution in [3.63, 3.8) is 0 Å². The summed E-state index contributed by atoms with van der Waals surface area (Å²) in [5.74, 6) is -4.89. The van der Waals surface area contributed by atoms with E-state index in [1.165, 1.54) is 0 Å². The Hall–Kier alpha value is -3.37. The Morgan fingerprint density at radius 2 is 1.86 bits per heavy atom. The van der Waals surface area contributed by atoms with Gasteiger partial charge in [0.15, 0.2) is 11.8 Å². The van der Waals surface area contributed by atoms with E-state index in [-0.39, 0.29) is 29.3 Å². The van der Waals surface area contributed by atoms with Crippen LogP contribution in [0.3, 0.4) is 0 Å². The summed E-state index contributed by atoms with van der Waals surface area (Å²) in [5.41, 5.74) is 6.89. The largest absolute Gasteiger partial charge is 0.369 e. The molecular weight excluding hydrogens is 519 g/mol. The second kappa shape index (κ2) is 11.4. The molecule has 37 heavy (non-hydrogen) atoms. The highest BCUT2D eigenvalue weighted by molar-refractivity contribution is 6.42. The van der Waals surface area contributed by atoms with E-state index < -0.39 is 23.6 Å². The Kier molecular flexibility index (Phi) is 8.19.